The van der Waals surface area contributed by atoms with Crippen LogP contribution in [0, 0.1) is 11.6 Å². The van der Waals surface area contributed by atoms with Gasteiger partial charge in [-0.15, -0.1) is 0 Å². The van der Waals surface area contributed by atoms with Gasteiger partial charge in [0.25, 0.3) is 5.91 Å². The highest BCUT2D eigenvalue weighted by molar-refractivity contribution is 7.98. The van der Waals surface area contributed by atoms with Crippen LogP contribution in [-0.2, 0) is 16.4 Å². The van der Waals surface area contributed by atoms with Crippen LogP contribution in [0.3, 0.4) is 0 Å². The molecule has 0 saturated heterocycles. The number of hydrogen-bond donors (Lipinski definition) is 3. The molecule has 0 spiro atoms. The molecule has 178 valence electrons. The number of anilines is 1. The summed E-state index contributed by atoms with van der Waals surface area (Å²) in [4.78, 5) is 16.5. The van der Waals surface area contributed by atoms with Crippen molar-refractivity contribution in [2.45, 2.75) is 31.1 Å². The lowest BCUT2D eigenvalue weighted by Gasteiger charge is -2.27. The fourth-order valence-electron chi connectivity index (χ4n) is 2.81. The second-order valence-electron chi connectivity index (χ2n) is 7.15. The monoisotopic (exact) mass is 493 g/mol. The van der Waals surface area contributed by atoms with Gasteiger partial charge in [-0.2, -0.15) is 16.7 Å². The van der Waals surface area contributed by atoms with Crippen molar-refractivity contribution in [3.8, 4) is 0 Å². The highest BCUT2D eigenvalue weighted by Gasteiger charge is 2.30. The lowest BCUT2D eigenvalue weighted by molar-refractivity contribution is -0.00412. The predicted octanol–water partition coefficient (Wildman–Crippen LogP) is 1.16. The highest BCUT2D eigenvalue weighted by Crippen LogP contribution is 2.18. The minimum atomic E-state index is -3.67. The zero-order valence-corrected chi connectivity index (χ0v) is 19.3. The summed E-state index contributed by atoms with van der Waals surface area (Å²) >= 11 is 1.45. The topological polar surface area (TPSA) is 133 Å². The lowest BCUT2D eigenvalue weighted by Crippen LogP contribution is -2.50. The van der Waals surface area contributed by atoms with Crippen LogP contribution in [0.25, 0.3) is 0 Å². The summed E-state index contributed by atoms with van der Waals surface area (Å²) < 4.78 is 56.1. The van der Waals surface area contributed by atoms with E-state index >= 15 is 0 Å². The van der Waals surface area contributed by atoms with Crippen molar-refractivity contribution < 1.29 is 36.6 Å². The molecule has 3 N–H and O–H groups in total. The summed E-state index contributed by atoms with van der Waals surface area (Å²) in [5, 5.41) is 23.4. The Morgan fingerprint density at radius 3 is 2.47 bits per heavy atom. The Morgan fingerprint density at radius 2 is 1.91 bits per heavy atom. The average molecular weight is 494 g/mol. The Balaban J connectivity index is 2.25. The number of sulfonamides is 1. The number of amides is 1. The minimum absolute atomic E-state index is 0.154. The number of aromatic nitrogens is 1. The number of thioether (sulfide) groups is 1. The maximum Gasteiger partial charge on any atom is 0.311 e. The van der Waals surface area contributed by atoms with Gasteiger partial charge in [-0.3, -0.25) is 4.79 Å². The van der Waals surface area contributed by atoms with Crippen molar-refractivity contribution in [3.05, 3.63) is 47.4 Å². The van der Waals surface area contributed by atoms with Gasteiger partial charge < -0.3 is 19.9 Å². The largest absolute Gasteiger partial charge is 0.430 e. The van der Waals surface area contributed by atoms with Gasteiger partial charge in [0.15, 0.2) is 5.69 Å². The molecule has 1 aromatic heterocycles. The van der Waals surface area contributed by atoms with Crippen LogP contribution in [0.4, 0.5) is 14.8 Å². The molecular weight excluding hydrogens is 468 g/mol. The number of benzene rings is 1. The number of carbonyl (C=O) groups is 1. The maximum absolute atomic E-state index is 13.6. The highest BCUT2D eigenvalue weighted by atomic mass is 32.2. The van der Waals surface area contributed by atoms with E-state index in [0.29, 0.717) is 11.8 Å². The number of oxazole rings is 1. The number of nitrogens with one attached hydrogen (secondary N) is 1. The Labute approximate surface area is 188 Å². The molecule has 0 bridgehead atoms. The first-order valence-electron chi connectivity index (χ1n) is 9.42. The fraction of sp³-hybridized carbons (Fsp3) is 0.474. The molecule has 0 fully saturated rings. The summed E-state index contributed by atoms with van der Waals surface area (Å²) in [6.07, 6.45) is 1.05. The van der Waals surface area contributed by atoms with Crippen LogP contribution < -0.4 is 9.62 Å². The number of nitrogens with zero attached hydrogens (tertiary/aromatic N) is 2. The summed E-state index contributed by atoms with van der Waals surface area (Å²) in [7, 11) is -2.48. The minimum Gasteiger partial charge on any atom is -0.430 e. The molecule has 1 heterocycles. The molecule has 0 radical (unpaired) electrons. The lowest BCUT2D eigenvalue weighted by atomic mass is 9.96. The third-order valence-corrected chi connectivity index (χ3v) is 6.41. The van der Waals surface area contributed by atoms with Gasteiger partial charge in [-0.05, 0) is 42.5 Å². The summed E-state index contributed by atoms with van der Waals surface area (Å²) in [5.74, 6) is -1.95. The molecule has 0 saturated carbocycles. The molecule has 1 amide bonds. The number of hydrogen-bond acceptors (Lipinski definition) is 8. The van der Waals surface area contributed by atoms with E-state index in [2.05, 4.69) is 10.3 Å². The van der Waals surface area contributed by atoms with E-state index in [4.69, 9.17) is 4.42 Å². The molecular formula is C19H25F2N3O6S2. The van der Waals surface area contributed by atoms with Gasteiger partial charge in [-0.25, -0.2) is 21.5 Å². The molecule has 3 atom stereocenters. The summed E-state index contributed by atoms with van der Waals surface area (Å²) in [5.41, 5.74) is -0.127. The average Bonchev–Trinajstić information content (AvgIpc) is 3.19. The van der Waals surface area contributed by atoms with E-state index in [-0.39, 0.29) is 30.1 Å². The molecule has 0 aliphatic carbocycles. The van der Waals surface area contributed by atoms with Crippen molar-refractivity contribution in [2.24, 2.45) is 0 Å². The van der Waals surface area contributed by atoms with E-state index in [1.54, 1.807) is 0 Å². The van der Waals surface area contributed by atoms with Gasteiger partial charge in [0.2, 0.25) is 10.0 Å². The molecule has 9 nitrogen and oxygen atoms in total. The van der Waals surface area contributed by atoms with Crippen molar-refractivity contribution in [3.63, 3.8) is 0 Å². The van der Waals surface area contributed by atoms with Crippen LogP contribution in [0.1, 0.15) is 22.5 Å². The number of halogens is 2. The van der Waals surface area contributed by atoms with E-state index in [0.717, 1.165) is 29.0 Å². The number of rotatable bonds is 11. The summed E-state index contributed by atoms with van der Waals surface area (Å²) in [6, 6.07) is 1.32. The first-order valence-corrected chi connectivity index (χ1v) is 12.7. The van der Waals surface area contributed by atoms with E-state index in [1.807, 2.05) is 6.26 Å². The third-order valence-electron chi connectivity index (χ3n) is 4.61. The van der Waals surface area contributed by atoms with Gasteiger partial charge in [0, 0.05) is 13.1 Å². The quantitative estimate of drug-likeness (QED) is 0.425. The molecule has 13 heteroatoms. The molecule has 32 heavy (non-hydrogen) atoms. The first kappa shape index (κ1) is 26.0. The van der Waals surface area contributed by atoms with Crippen LogP contribution >= 0.6 is 11.8 Å². The second kappa shape index (κ2) is 11.1. The number of aliphatic hydroxyl groups excluding tert-OH is 2. The number of aliphatic hydroxyl groups is 2. The normalized spacial score (nSPS) is 14.6. The van der Waals surface area contributed by atoms with Gasteiger partial charge in [0.1, 0.15) is 24.0 Å². The van der Waals surface area contributed by atoms with Crippen molar-refractivity contribution >= 4 is 33.7 Å². The molecule has 1 aromatic carbocycles. The smallest absolute Gasteiger partial charge is 0.311 e. The van der Waals surface area contributed by atoms with Crippen molar-refractivity contribution in [2.75, 3.05) is 29.6 Å². The first-order chi connectivity index (χ1) is 14.9. The Kier molecular flexibility index (Phi) is 9.01. The SMILES string of the molecule is CSCCC(O)C(O)C(Cc1cc(F)cc(F)c1)NC(=O)c1coc(N(C)S(C)(=O)=O)n1. The molecule has 0 aliphatic rings. The predicted molar refractivity (Wildman–Crippen MR) is 116 cm³/mol. The van der Waals surface area contributed by atoms with E-state index < -0.39 is 45.8 Å². The fourth-order valence-corrected chi connectivity index (χ4v) is 3.66. The van der Waals surface area contributed by atoms with Crippen molar-refractivity contribution in [1.82, 2.24) is 10.3 Å². The molecule has 3 unspecified atom stereocenters. The molecule has 0 aliphatic heterocycles. The zero-order chi connectivity index (χ0) is 24.1. The van der Waals surface area contributed by atoms with Crippen LogP contribution in [0.2, 0.25) is 0 Å². The van der Waals surface area contributed by atoms with E-state index in [9.17, 15) is 32.2 Å². The molecule has 2 aromatic rings. The van der Waals surface area contributed by atoms with Gasteiger partial charge in [-0.1, -0.05) is 0 Å². The third kappa shape index (κ3) is 7.15. The van der Waals surface area contributed by atoms with Crippen LogP contribution in [-0.4, -0.2) is 73.1 Å². The van der Waals surface area contributed by atoms with Crippen molar-refractivity contribution in [1.29, 1.82) is 0 Å². The van der Waals surface area contributed by atoms with Crippen LogP contribution in [0.15, 0.2) is 28.9 Å². The zero-order valence-electron chi connectivity index (χ0n) is 17.7. The molecule has 2 rings (SSSR count). The van der Waals surface area contributed by atoms with Gasteiger partial charge in [0.05, 0.1) is 18.4 Å². The van der Waals surface area contributed by atoms with Gasteiger partial charge >= 0.3 is 6.01 Å². The Morgan fingerprint density at radius 1 is 1.28 bits per heavy atom. The van der Waals surface area contributed by atoms with E-state index in [1.165, 1.54) is 18.8 Å². The Bertz CT molecular complexity index is 1010. The second-order valence-corrected chi connectivity index (χ2v) is 10.1. The number of carbonyl (C=O) groups excluding carboxylic acids is 1. The standard InChI is InChI=1S/C19H25F2N3O6S2/c1-24(32(3,28)29)19-23-15(10-30-19)18(27)22-14(17(26)16(25)4-5-31-2)8-11-6-12(20)9-13(21)7-11/h6-7,9-10,14,16-17,25-26H,4-5,8H2,1-3H3,(H,22,27). The van der Waals surface area contributed by atoms with Crippen LogP contribution in [0.5, 0.6) is 0 Å². The Hall–Kier alpha value is -2.22. The maximum atomic E-state index is 13.6. The summed E-state index contributed by atoms with van der Waals surface area (Å²) in [6.45, 7) is 0.